The van der Waals surface area contributed by atoms with Gasteiger partial charge in [0.05, 0.1) is 30.7 Å². The number of halogens is 2. The fraction of sp³-hybridized carbons (Fsp3) is 0.676. The van der Waals surface area contributed by atoms with Crippen LogP contribution in [-0.2, 0) is 20.2 Å². The molecule has 1 N–H and O–H groups in total. The van der Waals surface area contributed by atoms with Gasteiger partial charge in [-0.25, -0.2) is 14.8 Å². The molecular weight excluding hydrogens is 598 g/mol. The Hall–Kier alpha value is -3.57. The van der Waals surface area contributed by atoms with Gasteiger partial charge in [-0.2, -0.15) is 8.78 Å². The van der Waals surface area contributed by atoms with E-state index in [4.69, 9.17) is 14.2 Å². The first-order valence-electron chi connectivity index (χ1n) is 16.4. The average Bonchev–Trinajstić information content (AvgIpc) is 3.70. The highest BCUT2D eigenvalue weighted by molar-refractivity contribution is 5.89. The second kappa shape index (κ2) is 12.2. The van der Waals surface area contributed by atoms with E-state index in [9.17, 15) is 14.4 Å². The quantitative estimate of drug-likeness (QED) is 0.418. The van der Waals surface area contributed by atoms with Crippen LogP contribution in [-0.4, -0.2) is 71.1 Å². The van der Waals surface area contributed by atoms with Crippen LogP contribution in [0, 0.1) is 29.1 Å². The summed E-state index contributed by atoms with van der Waals surface area (Å²) in [5.74, 6) is -3.54. The van der Waals surface area contributed by atoms with Crippen LogP contribution in [0.15, 0.2) is 18.2 Å². The zero-order valence-electron chi connectivity index (χ0n) is 27.1. The summed E-state index contributed by atoms with van der Waals surface area (Å²) < 4.78 is 49.7. The van der Waals surface area contributed by atoms with Gasteiger partial charge in [0.15, 0.2) is 5.69 Å². The molecule has 10 nitrogen and oxygen atoms in total. The molecule has 1 aromatic carbocycles. The number of amides is 2. The Labute approximate surface area is 267 Å². The number of hydrogen-bond acceptors (Lipinski definition) is 8. The second-order valence-corrected chi connectivity index (χ2v) is 14.6. The third-order valence-corrected chi connectivity index (χ3v) is 10.6. The van der Waals surface area contributed by atoms with E-state index in [0.29, 0.717) is 36.3 Å². The highest BCUT2D eigenvalue weighted by atomic mass is 19.3. The number of carbonyl (C=O) groups is 3. The fourth-order valence-corrected chi connectivity index (χ4v) is 8.05. The third kappa shape index (κ3) is 5.99. The van der Waals surface area contributed by atoms with Crippen LogP contribution < -0.4 is 14.8 Å². The van der Waals surface area contributed by atoms with Crippen LogP contribution in [0.1, 0.15) is 78.3 Å². The SMILES string of the molecule is COc1ccc2nc3c(nc2c1)O[C@H]1CN(C(=O)[C@H](C(C)(C)C)NC(=O)O[C@@H]2[C@H]4CC[C@H](C4)[C@H]2CCCCC3(F)F)[C@H](C=O)[C@@H]1C. The lowest BCUT2D eigenvalue weighted by molar-refractivity contribution is -0.139. The molecule has 2 saturated carbocycles. The van der Waals surface area contributed by atoms with E-state index in [2.05, 4.69) is 15.3 Å². The number of nitrogens with zero attached hydrogens (tertiary/aromatic N) is 3. The number of alkyl halides is 2. The molecule has 2 aromatic rings. The van der Waals surface area contributed by atoms with Crippen molar-refractivity contribution >= 4 is 29.3 Å². The van der Waals surface area contributed by atoms with Gasteiger partial charge in [0.2, 0.25) is 11.8 Å². The lowest BCUT2D eigenvalue weighted by Gasteiger charge is -2.36. The number of carbonyl (C=O) groups excluding carboxylic acids is 3. The van der Waals surface area contributed by atoms with E-state index in [1.807, 2.05) is 20.8 Å². The summed E-state index contributed by atoms with van der Waals surface area (Å²) in [6.45, 7) is 7.17. The summed E-state index contributed by atoms with van der Waals surface area (Å²) >= 11 is 0. The van der Waals surface area contributed by atoms with Crippen LogP contribution in [0.3, 0.4) is 0 Å². The number of fused-ring (bicyclic) bond motifs is 9. The van der Waals surface area contributed by atoms with Crippen LogP contribution in [0.2, 0.25) is 0 Å². The van der Waals surface area contributed by atoms with Gasteiger partial charge in [-0.1, -0.05) is 34.1 Å². The Kier molecular flexibility index (Phi) is 8.60. The zero-order valence-corrected chi connectivity index (χ0v) is 27.1. The van der Waals surface area contributed by atoms with Crippen molar-refractivity contribution in [3.63, 3.8) is 0 Å². The minimum absolute atomic E-state index is 0.0655. The van der Waals surface area contributed by atoms with Gasteiger partial charge in [-0.05, 0) is 67.4 Å². The van der Waals surface area contributed by atoms with E-state index in [1.165, 1.54) is 12.0 Å². The maximum atomic E-state index is 16.1. The normalized spacial score (nSPS) is 33.2. The van der Waals surface area contributed by atoms with E-state index in [-0.39, 0.29) is 42.3 Å². The summed E-state index contributed by atoms with van der Waals surface area (Å²) in [6.07, 6.45) is 2.77. The summed E-state index contributed by atoms with van der Waals surface area (Å²) in [6, 6.07) is 2.91. The molecule has 1 saturated heterocycles. The molecule has 1 aromatic heterocycles. The molecule has 2 aliphatic carbocycles. The van der Waals surface area contributed by atoms with E-state index in [0.717, 1.165) is 19.3 Å². The van der Waals surface area contributed by atoms with Crippen molar-refractivity contribution in [2.75, 3.05) is 13.7 Å². The predicted molar refractivity (Wildman–Crippen MR) is 165 cm³/mol. The highest BCUT2D eigenvalue weighted by Crippen LogP contribution is 2.52. The summed E-state index contributed by atoms with van der Waals surface area (Å²) in [5.41, 5.74) is -0.692. The molecule has 46 heavy (non-hydrogen) atoms. The van der Waals surface area contributed by atoms with Crippen molar-refractivity contribution in [2.24, 2.45) is 29.1 Å². The maximum absolute atomic E-state index is 16.1. The number of rotatable bonds is 2. The van der Waals surface area contributed by atoms with Crippen molar-refractivity contribution in [3.05, 3.63) is 23.9 Å². The molecule has 4 bridgehead atoms. The largest absolute Gasteiger partial charge is 0.497 e. The van der Waals surface area contributed by atoms with Crippen LogP contribution >= 0.6 is 0 Å². The Bertz CT molecular complexity index is 1500. The second-order valence-electron chi connectivity index (χ2n) is 14.6. The first-order valence-corrected chi connectivity index (χ1v) is 16.4. The van der Waals surface area contributed by atoms with Crippen molar-refractivity contribution in [1.29, 1.82) is 0 Å². The Morgan fingerprint density at radius 1 is 1.07 bits per heavy atom. The van der Waals surface area contributed by atoms with E-state index >= 15 is 8.78 Å². The molecule has 3 heterocycles. The maximum Gasteiger partial charge on any atom is 0.408 e. The highest BCUT2D eigenvalue weighted by Gasteiger charge is 2.51. The average molecular weight is 643 g/mol. The molecule has 8 atom stereocenters. The van der Waals surface area contributed by atoms with Gasteiger partial charge in [-0.15, -0.1) is 0 Å². The number of ether oxygens (including phenoxy) is 3. The lowest BCUT2D eigenvalue weighted by Crippen LogP contribution is -2.57. The molecule has 250 valence electrons. The zero-order chi connectivity index (χ0) is 33.0. The van der Waals surface area contributed by atoms with Crippen molar-refractivity contribution in [1.82, 2.24) is 20.2 Å². The molecular formula is C34H44F2N4O6. The van der Waals surface area contributed by atoms with Crippen LogP contribution in [0.4, 0.5) is 13.6 Å². The molecule has 4 aliphatic rings. The number of benzene rings is 1. The topological polar surface area (TPSA) is 120 Å². The molecule has 0 unspecified atom stereocenters. The Morgan fingerprint density at radius 3 is 2.54 bits per heavy atom. The van der Waals surface area contributed by atoms with Crippen molar-refractivity contribution in [3.8, 4) is 11.6 Å². The van der Waals surface area contributed by atoms with Gasteiger partial charge in [0, 0.05) is 18.4 Å². The summed E-state index contributed by atoms with van der Waals surface area (Å²) in [4.78, 5) is 50.1. The molecule has 6 rings (SSSR count). The molecule has 3 fully saturated rings. The number of nitrogens with one attached hydrogen (secondary N) is 1. The molecule has 2 aliphatic heterocycles. The molecule has 0 spiro atoms. The third-order valence-electron chi connectivity index (χ3n) is 10.6. The number of methoxy groups -OCH3 is 1. The van der Waals surface area contributed by atoms with Gasteiger partial charge < -0.3 is 29.2 Å². The lowest BCUT2D eigenvalue weighted by atomic mass is 9.82. The Balaban J connectivity index is 1.40. The number of alkyl carbamates (subject to hydrolysis) is 1. The van der Waals surface area contributed by atoms with Crippen molar-refractivity contribution in [2.45, 2.75) is 103 Å². The summed E-state index contributed by atoms with van der Waals surface area (Å²) in [7, 11) is 1.50. The van der Waals surface area contributed by atoms with Crippen molar-refractivity contribution < 1.29 is 37.4 Å². The smallest absolute Gasteiger partial charge is 0.408 e. The number of aldehydes is 1. The first kappa shape index (κ1) is 32.4. The summed E-state index contributed by atoms with van der Waals surface area (Å²) in [5, 5.41) is 2.84. The molecule has 12 heteroatoms. The minimum Gasteiger partial charge on any atom is -0.497 e. The van der Waals surface area contributed by atoms with E-state index < -0.39 is 59.6 Å². The van der Waals surface area contributed by atoms with Gasteiger partial charge in [-0.3, -0.25) is 4.79 Å². The molecule has 2 amide bonds. The van der Waals surface area contributed by atoms with Gasteiger partial charge >= 0.3 is 6.09 Å². The predicted octanol–water partition coefficient (Wildman–Crippen LogP) is 5.65. The number of aromatic nitrogens is 2. The van der Waals surface area contributed by atoms with Gasteiger partial charge in [0.1, 0.15) is 30.3 Å². The monoisotopic (exact) mass is 642 g/mol. The van der Waals surface area contributed by atoms with E-state index in [1.54, 1.807) is 25.1 Å². The van der Waals surface area contributed by atoms with Crippen LogP contribution in [0.25, 0.3) is 11.0 Å². The van der Waals surface area contributed by atoms with Gasteiger partial charge in [0.25, 0.3) is 5.92 Å². The first-order chi connectivity index (χ1) is 21.8. The molecule has 0 radical (unpaired) electrons. The van der Waals surface area contributed by atoms with Crippen LogP contribution in [0.5, 0.6) is 11.6 Å². The number of hydrogen-bond donors (Lipinski definition) is 1. The standard InChI is InChI=1S/C34H44F2N4O6/c1-18-25(17-41)40-16-26(18)45-30-28(37-23-12-11-21(44-5)15-24(23)38-30)34(35,36)13-7-6-8-22-19-9-10-20(14-19)27(22)46-32(43)39-29(31(40)42)33(2,3)4/h11-12,15,17-20,22,25-27,29H,6-10,13-14,16H2,1-5H3,(H,39,43)/t18-,19+,20-,22+,25+,26-,27+,29+/m0/s1. The fourth-order valence-electron chi connectivity index (χ4n) is 8.05. The Morgan fingerprint density at radius 2 is 1.83 bits per heavy atom. The minimum atomic E-state index is -3.36.